The van der Waals surface area contributed by atoms with Gasteiger partial charge in [0.1, 0.15) is 0 Å². The van der Waals surface area contributed by atoms with Crippen molar-refractivity contribution in [2.24, 2.45) is 0 Å². The summed E-state index contributed by atoms with van der Waals surface area (Å²) < 4.78 is 2.49. The zero-order valence-electron chi connectivity index (χ0n) is 37.2. The Morgan fingerprint density at radius 1 is 0.328 bits per heavy atom. The van der Waals surface area contributed by atoms with Gasteiger partial charge in [-0.15, -0.1) is 0 Å². The third-order valence-electron chi connectivity index (χ3n) is 14.7. The van der Waals surface area contributed by atoms with Crippen LogP contribution in [0.5, 0.6) is 0 Å². The summed E-state index contributed by atoms with van der Waals surface area (Å²) in [5.41, 5.74) is 21.6. The van der Waals surface area contributed by atoms with E-state index in [9.17, 15) is 0 Å². The molecule has 2 aliphatic carbocycles. The molecule has 0 amide bonds. The Morgan fingerprint density at radius 3 is 1.42 bits per heavy atom. The summed E-state index contributed by atoms with van der Waals surface area (Å²) >= 11 is 0. The summed E-state index contributed by atoms with van der Waals surface area (Å²) in [5.74, 6) is 0.713. The maximum Gasteiger partial charge on any atom is 0.160 e. The lowest BCUT2D eigenvalue weighted by molar-refractivity contribution is 0.353. The zero-order chi connectivity index (χ0) is 44.3. The third kappa shape index (κ3) is 6.72. The van der Waals surface area contributed by atoms with Crippen molar-refractivity contribution in [2.75, 3.05) is 0 Å². The molecular formula is C64H47N3. The van der Waals surface area contributed by atoms with Crippen LogP contribution in [0.2, 0.25) is 0 Å². The SMILES string of the molecule is c1ccc(-c2ccc(-c3cc(-c4ccc(-c5ccc6c(c5)c5cc7c(cc5n6-c5ccc(-c6ccccc6)cc5)-c5ccccc5C75CCCCC5)cc4)nc(-c4ccccc4)n3)cc2)cc1. The number of nitrogens with zero attached hydrogens (tertiary/aromatic N) is 3. The number of fused-ring (bicyclic) bond motifs is 8. The molecule has 1 fully saturated rings. The molecule has 0 aliphatic heterocycles. The second-order valence-electron chi connectivity index (χ2n) is 18.4. The van der Waals surface area contributed by atoms with Gasteiger partial charge in [-0.05, 0) is 111 Å². The average Bonchev–Trinajstić information content (AvgIpc) is 3.87. The molecule has 1 saturated carbocycles. The van der Waals surface area contributed by atoms with Gasteiger partial charge in [0.15, 0.2) is 5.82 Å². The highest BCUT2D eigenvalue weighted by atomic mass is 15.0. The molecule has 318 valence electrons. The van der Waals surface area contributed by atoms with Gasteiger partial charge in [0.25, 0.3) is 0 Å². The van der Waals surface area contributed by atoms with E-state index in [4.69, 9.17) is 9.97 Å². The molecule has 0 N–H and O–H groups in total. The van der Waals surface area contributed by atoms with Gasteiger partial charge in [-0.1, -0.05) is 201 Å². The summed E-state index contributed by atoms with van der Waals surface area (Å²) in [4.78, 5) is 10.3. The molecule has 0 atom stereocenters. The lowest BCUT2D eigenvalue weighted by Crippen LogP contribution is -2.27. The van der Waals surface area contributed by atoms with E-state index in [-0.39, 0.29) is 5.41 Å². The topological polar surface area (TPSA) is 30.7 Å². The first-order valence-corrected chi connectivity index (χ1v) is 23.8. The van der Waals surface area contributed by atoms with Crippen molar-refractivity contribution in [2.45, 2.75) is 37.5 Å². The quantitative estimate of drug-likeness (QED) is 0.160. The first-order valence-electron chi connectivity index (χ1n) is 23.8. The highest BCUT2D eigenvalue weighted by Gasteiger charge is 2.44. The molecule has 0 radical (unpaired) electrons. The van der Waals surface area contributed by atoms with Crippen LogP contribution in [-0.2, 0) is 5.41 Å². The number of benzene rings is 9. The Labute approximate surface area is 391 Å². The number of hydrogen-bond acceptors (Lipinski definition) is 2. The van der Waals surface area contributed by atoms with Crippen molar-refractivity contribution in [1.29, 1.82) is 0 Å². The normalized spacial score (nSPS) is 13.8. The Balaban J connectivity index is 0.921. The molecule has 9 aromatic carbocycles. The zero-order valence-corrected chi connectivity index (χ0v) is 37.2. The van der Waals surface area contributed by atoms with Crippen molar-refractivity contribution in [3.05, 3.63) is 236 Å². The summed E-state index contributed by atoms with van der Waals surface area (Å²) in [7, 11) is 0. The summed E-state index contributed by atoms with van der Waals surface area (Å²) in [5, 5.41) is 2.59. The summed E-state index contributed by atoms with van der Waals surface area (Å²) in [6, 6.07) is 81.8. The van der Waals surface area contributed by atoms with Crippen LogP contribution >= 0.6 is 0 Å². The molecule has 0 unspecified atom stereocenters. The molecule has 13 rings (SSSR count). The van der Waals surface area contributed by atoms with E-state index in [1.807, 2.05) is 18.2 Å². The van der Waals surface area contributed by atoms with Crippen molar-refractivity contribution in [3.63, 3.8) is 0 Å². The van der Waals surface area contributed by atoms with Crippen LogP contribution in [0.4, 0.5) is 0 Å². The van der Waals surface area contributed by atoms with Gasteiger partial charge in [-0.25, -0.2) is 9.97 Å². The molecule has 3 heteroatoms. The molecule has 2 heterocycles. The van der Waals surface area contributed by atoms with Crippen molar-refractivity contribution in [3.8, 4) is 84.1 Å². The molecule has 11 aromatic rings. The van der Waals surface area contributed by atoms with E-state index in [1.54, 1.807) is 0 Å². The van der Waals surface area contributed by atoms with Gasteiger partial charge in [0, 0.05) is 38.6 Å². The summed E-state index contributed by atoms with van der Waals surface area (Å²) in [6.45, 7) is 0. The predicted octanol–water partition coefficient (Wildman–Crippen LogP) is 16.8. The van der Waals surface area contributed by atoms with E-state index in [0.29, 0.717) is 5.82 Å². The minimum atomic E-state index is 0.0738. The van der Waals surface area contributed by atoms with Crippen molar-refractivity contribution < 1.29 is 0 Å². The predicted molar refractivity (Wildman–Crippen MR) is 278 cm³/mol. The van der Waals surface area contributed by atoms with Gasteiger partial charge in [-0.3, -0.25) is 0 Å². The van der Waals surface area contributed by atoms with Gasteiger partial charge in [0.2, 0.25) is 0 Å². The Hall–Kier alpha value is -8.14. The molecule has 0 saturated heterocycles. The monoisotopic (exact) mass is 857 g/mol. The van der Waals surface area contributed by atoms with Gasteiger partial charge >= 0.3 is 0 Å². The van der Waals surface area contributed by atoms with E-state index in [0.717, 1.165) is 28.1 Å². The second kappa shape index (κ2) is 16.1. The highest BCUT2D eigenvalue weighted by Crippen LogP contribution is 2.57. The van der Waals surface area contributed by atoms with E-state index in [2.05, 4.69) is 211 Å². The molecule has 3 nitrogen and oxygen atoms in total. The highest BCUT2D eigenvalue weighted by molar-refractivity contribution is 6.12. The Morgan fingerprint density at radius 2 is 0.806 bits per heavy atom. The molecule has 1 spiro atoms. The maximum absolute atomic E-state index is 5.16. The smallest absolute Gasteiger partial charge is 0.160 e. The fourth-order valence-electron chi connectivity index (χ4n) is 11.3. The molecule has 2 aliphatic rings. The Kier molecular flexibility index (Phi) is 9.42. The van der Waals surface area contributed by atoms with E-state index < -0.39 is 0 Å². The van der Waals surface area contributed by atoms with Crippen LogP contribution in [0.15, 0.2) is 224 Å². The van der Waals surface area contributed by atoms with Crippen LogP contribution in [0, 0.1) is 0 Å². The Bertz CT molecular complexity index is 3600. The first-order chi connectivity index (χ1) is 33.2. The standard InChI is InChI=1S/C64H47N3/c1-5-15-43(16-6-1)45-23-27-48(28-24-45)59-42-60(66-63(65-59)50-19-9-3-10-20-50)49-29-25-47(26-30-49)51-33-36-61-55(39-51)56-40-58-54(53-21-11-12-22-57(53)64(58)37-13-4-14-38-64)41-62(56)67(61)52-34-31-46(32-35-52)44-17-7-2-8-18-44/h1-3,5-12,15-36,39-42H,4,13-14,37-38H2. The fraction of sp³-hybridized carbons (Fsp3) is 0.0938. The maximum atomic E-state index is 5.16. The van der Waals surface area contributed by atoms with Crippen molar-refractivity contribution in [1.82, 2.24) is 14.5 Å². The van der Waals surface area contributed by atoms with Crippen LogP contribution in [-0.4, -0.2) is 14.5 Å². The van der Waals surface area contributed by atoms with Crippen LogP contribution in [0.1, 0.15) is 43.2 Å². The molecular weight excluding hydrogens is 811 g/mol. The molecule has 67 heavy (non-hydrogen) atoms. The largest absolute Gasteiger partial charge is 0.309 e. The lowest BCUT2D eigenvalue weighted by atomic mass is 9.68. The van der Waals surface area contributed by atoms with Gasteiger partial charge < -0.3 is 4.57 Å². The van der Waals surface area contributed by atoms with Gasteiger partial charge in [0.05, 0.1) is 22.4 Å². The minimum absolute atomic E-state index is 0.0738. The fourth-order valence-corrected chi connectivity index (χ4v) is 11.3. The van der Waals surface area contributed by atoms with Crippen LogP contribution in [0.25, 0.3) is 106 Å². The number of rotatable bonds is 7. The van der Waals surface area contributed by atoms with Gasteiger partial charge in [-0.2, -0.15) is 0 Å². The molecule has 0 bridgehead atoms. The van der Waals surface area contributed by atoms with Crippen LogP contribution in [0.3, 0.4) is 0 Å². The number of hydrogen-bond donors (Lipinski definition) is 0. The average molecular weight is 858 g/mol. The number of aromatic nitrogens is 3. The molecule has 2 aromatic heterocycles. The van der Waals surface area contributed by atoms with Crippen LogP contribution < -0.4 is 0 Å². The van der Waals surface area contributed by atoms with E-state index >= 15 is 0 Å². The third-order valence-corrected chi connectivity index (χ3v) is 14.7. The minimum Gasteiger partial charge on any atom is -0.309 e. The lowest BCUT2D eigenvalue weighted by Gasteiger charge is -2.36. The second-order valence-corrected chi connectivity index (χ2v) is 18.4. The van der Waals surface area contributed by atoms with Crippen molar-refractivity contribution >= 4 is 21.8 Å². The first kappa shape index (κ1) is 39.2. The summed E-state index contributed by atoms with van der Waals surface area (Å²) in [6.07, 6.45) is 6.28. The van der Waals surface area contributed by atoms with E-state index in [1.165, 1.54) is 115 Å².